The van der Waals surface area contributed by atoms with Gasteiger partial charge in [-0.2, -0.15) is 5.10 Å². The van der Waals surface area contributed by atoms with Crippen molar-refractivity contribution in [3.63, 3.8) is 0 Å². The fourth-order valence-corrected chi connectivity index (χ4v) is 1.52. The van der Waals surface area contributed by atoms with E-state index in [2.05, 4.69) is 20.6 Å². The predicted molar refractivity (Wildman–Crippen MR) is 56.5 cm³/mol. The van der Waals surface area contributed by atoms with Gasteiger partial charge in [0.2, 0.25) is 0 Å². The molecule has 7 heteroatoms. The highest BCUT2D eigenvalue weighted by Crippen LogP contribution is 2.16. The Hall–Kier alpha value is -1.86. The summed E-state index contributed by atoms with van der Waals surface area (Å²) in [4.78, 5) is 3.95. The number of benzene rings is 1. The minimum Gasteiger partial charge on any atom is -0.271 e. The molecule has 0 aliphatic carbocycles. The largest absolute Gasteiger partial charge is 0.271 e. The van der Waals surface area contributed by atoms with E-state index in [4.69, 9.17) is 5.84 Å². The molecule has 90 valence electrons. The second-order valence-corrected chi connectivity index (χ2v) is 3.54. The summed E-state index contributed by atoms with van der Waals surface area (Å²) in [7, 11) is 0. The van der Waals surface area contributed by atoms with Crippen LogP contribution in [-0.4, -0.2) is 15.2 Å². The van der Waals surface area contributed by atoms with Crippen LogP contribution >= 0.6 is 0 Å². The molecule has 0 aliphatic rings. The summed E-state index contributed by atoms with van der Waals surface area (Å²) < 4.78 is 25.8. The molecule has 1 aromatic heterocycles. The molecular formula is C10H11F2N5. The highest BCUT2D eigenvalue weighted by atomic mass is 19.2. The molecule has 17 heavy (non-hydrogen) atoms. The number of nitrogens with zero attached hydrogens (tertiary/aromatic N) is 2. The van der Waals surface area contributed by atoms with Crippen LogP contribution in [-0.2, 0) is 6.42 Å². The van der Waals surface area contributed by atoms with E-state index in [-0.39, 0.29) is 6.04 Å². The first kappa shape index (κ1) is 11.6. The Labute approximate surface area is 96.0 Å². The maximum absolute atomic E-state index is 13.0. The molecule has 0 radical (unpaired) electrons. The van der Waals surface area contributed by atoms with Gasteiger partial charge < -0.3 is 0 Å². The molecule has 1 atom stereocenters. The lowest BCUT2D eigenvalue weighted by molar-refractivity contribution is 0.498. The maximum atomic E-state index is 13.0. The molecule has 0 fully saturated rings. The summed E-state index contributed by atoms with van der Waals surface area (Å²) >= 11 is 0. The van der Waals surface area contributed by atoms with E-state index in [0.717, 1.165) is 12.1 Å². The molecule has 5 nitrogen and oxygen atoms in total. The molecule has 1 aromatic carbocycles. The summed E-state index contributed by atoms with van der Waals surface area (Å²) in [5, 5.41) is 6.36. The summed E-state index contributed by atoms with van der Waals surface area (Å²) in [5.41, 5.74) is 3.15. The Morgan fingerprint density at radius 2 is 2.18 bits per heavy atom. The molecule has 2 rings (SSSR count). The Morgan fingerprint density at radius 3 is 2.76 bits per heavy atom. The zero-order chi connectivity index (χ0) is 12.3. The number of nitrogens with one attached hydrogen (secondary N) is 2. The number of halogens is 2. The van der Waals surface area contributed by atoms with E-state index in [1.165, 1.54) is 12.4 Å². The lowest BCUT2D eigenvalue weighted by Gasteiger charge is -2.12. The minimum atomic E-state index is -0.879. The second kappa shape index (κ2) is 4.98. The van der Waals surface area contributed by atoms with Crippen molar-refractivity contribution < 1.29 is 8.78 Å². The monoisotopic (exact) mass is 239 g/mol. The molecular weight excluding hydrogens is 228 g/mol. The summed E-state index contributed by atoms with van der Waals surface area (Å²) in [5.74, 6) is 4.16. The second-order valence-electron chi connectivity index (χ2n) is 3.54. The lowest BCUT2D eigenvalue weighted by Crippen LogP contribution is -2.30. The molecule has 0 amide bonds. The minimum absolute atomic E-state index is 0.331. The maximum Gasteiger partial charge on any atom is 0.159 e. The van der Waals surface area contributed by atoms with E-state index in [1.807, 2.05) is 0 Å². The Kier molecular flexibility index (Phi) is 3.40. The molecule has 0 saturated carbocycles. The number of aromatic nitrogens is 3. The third kappa shape index (κ3) is 2.63. The van der Waals surface area contributed by atoms with Crippen LogP contribution in [0.25, 0.3) is 0 Å². The van der Waals surface area contributed by atoms with Gasteiger partial charge in [0.05, 0.1) is 6.04 Å². The number of hydrogen-bond acceptors (Lipinski definition) is 4. The van der Waals surface area contributed by atoms with Crippen molar-refractivity contribution in [2.24, 2.45) is 5.84 Å². The van der Waals surface area contributed by atoms with Gasteiger partial charge in [-0.05, 0) is 24.1 Å². The zero-order valence-corrected chi connectivity index (χ0v) is 8.82. The molecule has 1 unspecified atom stereocenters. The van der Waals surface area contributed by atoms with Gasteiger partial charge >= 0.3 is 0 Å². The van der Waals surface area contributed by atoms with Crippen molar-refractivity contribution in [3.05, 3.63) is 47.5 Å². The SMILES string of the molecule is NNC(Cc1ccc(F)c(F)c1)c1ncn[nH]1. The average Bonchev–Trinajstić information content (AvgIpc) is 2.84. The molecule has 2 aromatic rings. The van der Waals surface area contributed by atoms with Crippen molar-refractivity contribution in [2.75, 3.05) is 0 Å². The smallest absolute Gasteiger partial charge is 0.159 e. The van der Waals surface area contributed by atoms with Crippen molar-refractivity contribution in [1.29, 1.82) is 0 Å². The third-order valence-electron chi connectivity index (χ3n) is 2.39. The molecule has 1 heterocycles. The molecule has 4 N–H and O–H groups in total. The van der Waals surface area contributed by atoms with Gasteiger partial charge in [-0.3, -0.25) is 10.9 Å². The number of hydrazine groups is 1. The fraction of sp³-hybridized carbons (Fsp3) is 0.200. The number of rotatable bonds is 4. The highest BCUT2D eigenvalue weighted by Gasteiger charge is 2.14. The number of nitrogens with two attached hydrogens (primary N) is 1. The van der Waals surface area contributed by atoms with Crippen LogP contribution in [0.5, 0.6) is 0 Å². The average molecular weight is 239 g/mol. The summed E-state index contributed by atoms with van der Waals surface area (Å²) in [6, 6.07) is 3.38. The van der Waals surface area contributed by atoms with E-state index < -0.39 is 11.6 Å². The number of H-pyrrole nitrogens is 1. The first-order valence-corrected chi connectivity index (χ1v) is 4.96. The molecule has 0 aliphatic heterocycles. The van der Waals surface area contributed by atoms with Crippen LogP contribution in [0.15, 0.2) is 24.5 Å². The Bertz CT molecular complexity index is 485. The normalized spacial score (nSPS) is 12.6. The molecule has 0 spiro atoms. The van der Waals surface area contributed by atoms with E-state index >= 15 is 0 Å². The van der Waals surface area contributed by atoms with E-state index in [9.17, 15) is 8.78 Å². The van der Waals surface area contributed by atoms with E-state index in [1.54, 1.807) is 0 Å². The van der Waals surface area contributed by atoms with Gasteiger partial charge in [-0.15, -0.1) is 0 Å². The quantitative estimate of drug-likeness (QED) is 0.545. The van der Waals surface area contributed by atoms with Crippen LogP contribution in [0.2, 0.25) is 0 Å². The highest BCUT2D eigenvalue weighted by molar-refractivity contribution is 5.19. The first-order chi connectivity index (χ1) is 8.20. The van der Waals surface area contributed by atoms with Crippen LogP contribution < -0.4 is 11.3 Å². The van der Waals surface area contributed by atoms with Crippen LogP contribution in [0, 0.1) is 11.6 Å². The van der Waals surface area contributed by atoms with Crippen molar-refractivity contribution in [3.8, 4) is 0 Å². The first-order valence-electron chi connectivity index (χ1n) is 4.96. The van der Waals surface area contributed by atoms with Gasteiger partial charge in [0.25, 0.3) is 0 Å². The lowest BCUT2D eigenvalue weighted by atomic mass is 10.1. The van der Waals surface area contributed by atoms with Crippen molar-refractivity contribution in [1.82, 2.24) is 20.6 Å². The molecule has 0 saturated heterocycles. The van der Waals surface area contributed by atoms with E-state index in [0.29, 0.717) is 17.8 Å². The van der Waals surface area contributed by atoms with Crippen LogP contribution in [0.3, 0.4) is 0 Å². The topological polar surface area (TPSA) is 79.6 Å². The van der Waals surface area contributed by atoms with Crippen LogP contribution in [0.4, 0.5) is 8.78 Å². The van der Waals surface area contributed by atoms with Gasteiger partial charge in [-0.25, -0.2) is 19.2 Å². The standard InChI is InChI=1S/C10H11F2N5/c11-7-2-1-6(3-8(7)12)4-9(16-13)10-14-5-15-17-10/h1-3,5,9,16H,4,13H2,(H,14,15,17). The van der Waals surface area contributed by atoms with Crippen molar-refractivity contribution in [2.45, 2.75) is 12.5 Å². The number of aromatic amines is 1. The third-order valence-corrected chi connectivity index (χ3v) is 2.39. The Morgan fingerprint density at radius 1 is 1.35 bits per heavy atom. The Balaban J connectivity index is 2.16. The summed E-state index contributed by atoms with van der Waals surface area (Å²) in [6.07, 6.45) is 1.73. The number of hydrogen-bond donors (Lipinski definition) is 3. The zero-order valence-electron chi connectivity index (χ0n) is 8.82. The van der Waals surface area contributed by atoms with Gasteiger partial charge in [0, 0.05) is 0 Å². The fourth-order valence-electron chi connectivity index (χ4n) is 1.52. The van der Waals surface area contributed by atoms with Gasteiger partial charge in [0.1, 0.15) is 12.2 Å². The predicted octanol–water partition coefficient (Wildman–Crippen LogP) is 0.830. The van der Waals surface area contributed by atoms with Crippen LogP contribution in [0.1, 0.15) is 17.4 Å². The van der Waals surface area contributed by atoms with Gasteiger partial charge in [-0.1, -0.05) is 6.07 Å². The van der Waals surface area contributed by atoms with Gasteiger partial charge in [0.15, 0.2) is 11.6 Å². The molecule has 0 bridgehead atoms. The van der Waals surface area contributed by atoms with Crippen molar-refractivity contribution >= 4 is 0 Å². The summed E-state index contributed by atoms with van der Waals surface area (Å²) in [6.45, 7) is 0.